The van der Waals surface area contributed by atoms with Crippen LogP contribution in [0.25, 0.3) is 11.5 Å². The van der Waals surface area contributed by atoms with Crippen LogP contribution in [-0.4, -0.2) is 31.8 Å². The molecule has 1 N–H and O–H groups in total. The van der Waals surface area contributed by atoms with Crippen LogP contribution in [0.1, 0.15) is 5.69 Å². The molecule has 9 nitrogen and oxygen atoms in total. The van der Waals surface area contributed by atoms with Crippen molar-refractivity contribution in [1.29, 1.82) is 0 Å². The van der Waals surface area contributed by atoms with Crippen LogP contribution in [0.2, 0.25) is 0 Å². The van der Waals surface area contributed by atoms with Gasteiger partial charge >= 0.3 is 5.88 Å². The van der Waals surface area contributed by atoms with E-state index in [-0.39, 0.29) is 11.6 Å². The maximum absolute atomic E-state index is 11.1. The molecule has 0 aromatic carbocycles. The number of furan rings is 1. The lowest BCUT2D eigenvalue weighted by atomic mass is 10.3. The topological polar surface area (TPSA) is 116 Å². The highest BCUT2D eigenvalue weighted by Gasteiger charge is 2.19. The molecule has 0 spiro atoms. The van der Waals surface area contributed by atoms with Crippen LogP contribution in [-0.2, 0) is 4.79 Å². The minimum atomic E-state index is -0.654. The van der Waals surface area contributed by atoms with E-state index >= 15 is 0 Å². The highest BCUT2D eigenvalue weighted by molar-refractivity contribution is 6.28. The van der Waals surface area contributed by atoms with E-state index in [1.165, 1.54) is 12.1 Å². The molecule has 0 unspecified atom stereocenters. The Labute approximate surface area is 111 Å². The Hall–Kier alpha value is -2.42. The van der Waals surface area contributed by atoms with E-state index < -0.39 is 16.7 Å². The van der Waals surface area contributed by atoms with Crippen molar-refractivity contribution >= 4 is 23.4 Å². The summed E-state index contributed by atoms with van der Waals surface area (Å²) in [5, 5.41) is 18.0. The minimum Gasteiger partial charge on any atom is -0.399 e. The summed E-state index contributed by atoms with van der Waals surface area (Å²) in [6.07, 6.45) is 0. The summed E-state index contributed by atoms with van der Waals surface area (Å²) in [6.45, 7) is 1.62. The van der Waals surface area contributed by atoms with Crippen LogP contribution in [0.15, 0.2) is 16.5 Å². The zero-order chi connectivity index (χ0) is 14.0. The molecule has 0 aliphatic rings. The molecule has 1 amide bonds. The lowest BCUT2D eigenvalue weighted by molar-refractivity contribution is -0.401. The van der Waals surface area contributed by atoms with Crippen molar-refractivity contribution in [1.82, 2.24) is 15.1 Å². The van der Waals surface area contributed by atoms with E-state index in [0.717, 1.165) is 4.79 Å². The van der Waals surface area contributed by atoms with E-state index in [0.29, 0.717) is 11.4 Å². The minimum absolute atomic E-state index is 0.190. The van der Waals surface area contributed by atoms with Gasteiger partial charge < -0.3 is 4.42 Å². The Morgan fingerprint density at radius 1 is 1.63 bits per heavy atom. The van der Waals surface area contributed by atoms with Crippen LogP contribution in [0.3, 0.4) is 0 Å². The molecule has 2 rings (SSSR count). The number of carbonyl (C=O) groups excluding carboxylic acids is 1. The Balaban J connectivity index is 2.30. The van der Waals surface area contributed by atoms with E-state index in [1.54, 1.807) is 6.92 Å². The maximum atomic E-state index is 11.1. The summed E-state index contributed by atoms with van der Waals surface area (Å²) in [4.78, 5) is 22.1. The maximum Gasteiger partial charge on any atom is 0.433 e. The normalized spacial score (nSPS) is 10.4. The fourth-order valence-electron chi connectivity index (χ4n) is 1.36. The Bertz CT molecular complexity index is 634. The number of nitro groups is 1. The van der Waals surface area contributed by atoms with Gasteiger partial charge in [0, 0.05) is 0 Å². The summed E-state index contributed by atoms with van der Waals surface area (Å²) in [5.74, 6) is -0.878. The standard InChI is InChI=1S/C9H8ClN5O4/c1-5-9(6-2-3-8(19-6)15(17)18)11-13-14(5)12-7(16)4-10/h2-3H,4H2,1H3,(H,12,16). The van der Waals surface area contributed by atoms with Crippen molar-refractivity contribution in [2.24, 2.45) is 0 Å². The monoisotopic (exact) mass is 285 g/mol. The SMILES string of the molecule is Cc1c(-c2ccc([N+](=O)[O-])o2)nnn1NC(=O)CCl. The third kappa shape index (κ3) is 2.55. The van der Waals surface area contributed by atoms with Gasteiger partial charge in [-0.05, 0) is 18.2 Å². The molecule has 100 valence electrons. The first-order chi connectivity index (χ1) is 9.02. The summed E-state index contributed by atoms with van der Waals surface area (Å²) < 4.78 is 5.00. The molecule has 0 saturated carbocycles. The van der Waals surface area contributed by atoms with E-state index in [9.17, 15) is 14.9 Å². The number of nitrogens with zero attached hydrogens (tertiary/aromatic N) is 4. The first-order valence-corrected chi connectivity index (χ1v) is 5.59. The largest absolute Gasteiger partial charge is 0.433 e. The molecule has 0 aliphatic heterocycles. The fourth-order valence-corrected chi connectivity index (χ4v) is 1.42. The molecule has 2 aromatic rings. The molecule has 0 radical (unpaired) electrons. The summed E-state index contributed by atoms with van der Waals surface area (Å²) in [7, 11) is 0. The number of halogens is 1. The Morgan fingerprint density at radius 2 is 2.37 bits per heavy atom. The van der Waals surface area contributed by atoms with Crippen molar-refractivity contribution in [3.05, 3.63) is 27.9 Å². The predicted molar refractivity (Wildman–Crippen MR) is 64.2 cm³/mol. The smallest absolute Gasteiger partial charge is 0.399 e. The average Bonchev–Trinajstić information content (AvgIpc) is 2.97. The first-order valence-electron chi connectivity index (χ1n) is 5.05. The van der Waals surface area contributed by atoms with Gasteiger partial charge in [-0.1, -0.05) is 0 Å². The van der Waals surface area contributed by atoms with Crippen LogP contribution in [0.4, 0.5) is 5.88 Å². The number of hydrogen-bond donors (Lipinski definition) is 1. The van der Waals surface area contributed by atoms with Gasteiger partial charge in [-0.25, -0.2) is 5.43 Å². The molecule has 0 saturated heterocycles. The third-order valence-electron chi connectivity index (χ3n) is 2.25. The molecule has 10 heteroatoms. The number of rotatable bonds is 4. The number of carbonyl (C=O) groups is 1. The average molecular weight is 286 g/mol. The van der Waals surface area contributed by atoms with Gasteiger partial charge in [0.25, 0.3) is 5.91 Å². The van der Waals surface area contributed by atoms with Crippen LogP contribution >= 0.6 is 11.6 Å². The predicted octanol–water partition coefficient (Wildman–Crippen LogP) is 1.06. The van der Waals surface area contributed by atoms with Crippen LogP contribution in [0.5, 0.6) is 0 Å². The molecule has 2 aromatic heterocycles. The van der Waals surface area contributed by atoms with E-state index in [4.69, 9.17) is 16.0 Å². The molecule has 0 aliphatic carbocycles. The highest BCUT2D eigenvalue weighted by atomic mass is 35.5. The van der Waals surface area contributed by atoms with Gasteiger partial charge in [-0.2, -0.15) is 4.79 Å². The molecule has 2 heterocycles. The zero-order valence-electron chi connectivity index (χ0n) is 9.66. The number of hydrogen-bond acceptors (Lipinski definition) is 6. The Kier molecular flexibility index (Phi) is 3.47. The van der Waals surface area contributed by atoms with Crippen LogP contribution < -0.4 is 5.43 Å². The number of aromatic nitrogens is 3. The van der Waals surface area contributed by atoms with Gasteiger partial charge in [0.15, 0.2) is 11.5 Å². The summed E-state index contributed by atoms with van der Waals surface area (Å²) >= 11 is 5.35. The molecular formula is C9H8ClN5O4. The summed E-state index contributed by atoms with van der Waals surface area (Å²) in [6, 6.07) is 2.62. The third-order valence-corrected chi connectivity index (χ3v) is 2.49. The quantitative estimate of drug-likeness (QED) is 0.510. The van der Waals surface area contributed by atoms with Crippen LogP contribution in [0, 0.1) is 17.0 Å². The Morgan fingerprint density at radius 3 is 2.95 bits per heavy atom. The second kappa shape index (κ2) is 5.06. The molecule has 0 atom stereocenters. The zero-order valence-corrected chi connectivity index (χ0v) is 10.4. The van der Waals surface area contributed by atoms with Crippen molar-refractivity contribution in [2.75, 3.05) is 11.3 Å². The van der Waals surface area contributed by atoms with Crippen molar-refractivity contribution in [2.45, 2.75) is 6.92 Å². The van der Waals surface area contributed by atoms with Crippen molar-refractivity contribution < 1.29 is 14.1 Å². The lowest BCUT2D eigenvalue weighted by Gasteiger charge is -2.02. The van der Waals surface area contributed by atoms with Gasteiger partial charge in [0.05, 0.1) is 11.8 Å². The van der Waals surface area contributed by atoms with E-state index in [2.05, 4.69) is 15.7 Å². The number of alkyl halides is 1. The lowest BCUT2D eigenvalue weighted by Crippen LogP contribution is -2.25. The number of nitrogens with one attached hydrogen (secondary N) is 1. The molecule has 0 fully saturated rings. The van der Waals surface area contributed by atoms with Gasteiger partial charge in [0.1, 0.15) is 10.8 Å². The van der Waals surface area contributed by atoms with E-state index in [1.807, 2.05) is 0 Å². The molecular weight excluding hydrogens is 278 g/mol. The highest BCUT2D eigenvalue weighted by Crippen LogP contribution is 2.26. The van der Waals surface area contributed by atoms with Gasteiger partial charge in [-0.3, -0.25) is 14.9 Å². The summed E-state index contributed by atoms with van der Waals surface area (Å²) in [5.41, 5.74) is 3.13. The van der Waals surface area contributed by atoms with Gasteiger partial charge in [-0.15, -0.1) is 16.7 Å². The second-order valence-electron chi connectivity index (χ2n) is 3.50. The fraction of sp³-hybridized carbons (Fsp3) is 0.222. The van der Waals surface area contributed by atoms with Gasteiger partial charge in [0.2, 0.25) is 0 Å². The van der Waals surface area contributed by atoms with Crippen molar-refractivity contribution in [3.8, 4) is 11.5 Å². The number of amides is 1. The first kappa shape index (κ1) is 13.0. The second-order valence-corrected chi connectivity index (χ2v) is 3.77. The molecule has 0 bridgehead atoms. The molecule has 19 heavy (non-hydrogen) atoms. The van der Waals surface area contributed by atoms with Crippen molar-refractivity contribution in [3.63, 3.8) is 0 Å².